The molecular weight excluding hydrogens is 372 g/mol. The van der Waals surface area contributed by atoms with Crippen LogP contribution in [0.1, 0.15) is 15.9 Å². The van der Waals surface area contributed by atoms with Gasteiger partial charge in [-0.3, -0.25) is 20.4 Å². The van der Waals surface area contributed by atoms with E-state index in [1.165, 1.54) is 0 Å². The van der Waals surface area contributed by atoms with Crippen LogP contribution in [0.3, 0.4) is 0 Å². The highest BCUT2D eigenvalue weighted by atomic mass is 35.5. The van der Waals surface area contributed by atoms with Crippen LogP contribution in [0.4, 0.5) is 0 Å². The third-order valence-electron chi connectivity index (χ3n) is 3.49. The van der Waals surface area contributed by atoms with Gasteiger partial charge in [-0.1, -0.05) is 23.7 Å². The molecule has 8 heteroatoms. The number of aryl methyl sites for hydroxylation is 1. The second-order valence-electron chi connectivity index (χ2n) is 5.54. The van der Waals surface area contributed by atoms with Crippen molar-refractivity contribution in [2.45, 2.75) is 6.92 Å². The van der Waals surface area contributed by atoms with E-state index in [9.17, 15) is 9.59 Å². The summed E-state index contributed by atoms with van der Waals surface area (Å²) in [6.07, 6.45) is 0. The smallest absolute Gasteiger partial charge is 0.276 e. The van der Waals surface area contributed by atoms with Crippen molar-refractivity contribution in [2.24, 2.45) is 0 Å². The van der Waals surface area contributed by atoms with Crippen molar-refractivity contribution in [1.82, 2.24) is 10.9 Å². The van der Waals surface area contributed by atoms with Crippen LogP contribution < -0.4 is 20.3 Å². The van der Waals surface area contributed by atoms with Gasteiger partial charge in [0.15, 0.2) is 6.61 Å². The lowest BCUT2D eigenvalue weighted by atomic mass is 10.2. The van der Waals surface area contributed by atoms with Crippen LogP contribution in [0, 0.1) is 6.92 Å². The van der Waals surface area contributed by atoms with E-state index in [0.29, 0.717) is 35.3 Å². The summed E-state index contributed by atoms with van der Waals surface area (Å²) in [5.74, 6) is -0.100. The van der Waals surface area contributed by atoms with E-state index in [-0.39, 0.29) is 6.61 Å². The molecule has 0 saturated heterocycles. The van der Waals surface area contributed by atoms with E-state index in [0.717, 1.165) is 5.56 Å². The summed E-state index contributed by atoms with van der Waals surface area (Å²) >= 11 is 5.94. The summed E-state index contributed by atoms with van der Waals surface area (Å²) in [4.78, 5) is 24.1. The van der Waals surface area contributed by atoms with Crippen molar-refractivity contribution in [3.63, 3.8) is 0 Å². The molecule has 0 heterocycles. The van der Waals surface area contributed by atoms with Crippen LogP contribution in [-0.4, -0.2) is 38.7 Å². The zero-order chi connectivity index (χ0) is 19.6. The van der Waals surface area contributed by atoms with Crippen LogP contribution in [0.15, 0.2) is 42.5 Å². The highest BCUT2D eigenvalue weighted by Gasteiger charge is 2.13. The van der Waals surface area contributed by atoms with Gasteiger partial charge >= 0.3 is 0 Å². The Morgan fingerprint density at radius 1 is 1.04 bits per heavy atom. The molecule has 2 aromatic carbocycles. The first kappa shape index (κ1) is 20.5. The number of carbonyl (C=O) groups excluding carboxylic acids is 2. The molecule has 2 amide bonds. The van der Waals surface area contributed by atoms with Gasteiger partial charge in [0.2, 0.25) is 0 Å². The summed E-state index contributed by atoms with van der Waals surface area (Å²) < 4.78 is 15.8. The molecule has 144 valence electrons. The lowest BCUT2D eigenvalue weighted by molar-refractivity contribution is -0.123. The molecule has 0 atom stereocenters. The molecule has 27 heavy (non-hydrogen) atoms. The van der Waals surface area contributed by atoms with Crippen LogP contribution >= 0.6 is 11.6 Å². The molecule has 2 aromatic rings. The van der Waals surface area contributed by atoms with Crippen LogP contribution in [0.2, 0.25) is 5.02 Å². The topological polar surface area (TPSA) is 85.9 Å². The van der Waals surface area contributed by atoms with E-state index >= 15 is 0 Å². The fourth-order valence-electron chi connectivity index (χ4n) is 2.10. The summed E-state index contributed by atoms with van der Waals surface area (Å²) in [6.45, 7) is 2.28. The molecule has 0 unspecified atom stereocenters. The summed E-state index contributed by atoms with van der Waals surface area (Å²) in [6, 6.07) is 11.8. The molecule has 2 N–H and O–H groups in total. The second-order valence-corrected chi connectivity index (χ2v) is 5.95. The number of benzene rings is 2. The number of ether oxygens (including phenoxy) is 3. The van der Waals surface area contributed by atoms with E-state index in [2.05, 4.69) is 10.9 Å². The molecule has 0 fully saturated rings. The minimum absolute atomic E-state index is 0.257. The van der Waals surface area contributed by atoms with Crippen molar-refractivity contribution in [3.05, 3.63) is 58.6 Å². The van der Waals surface area contributed by atoms with Crippen LogP contribution in [0.5, 0.6) is 11.5 Å². The number of rotatable bonds is 8. The lowest BCUT2D eigenvalue weighted by Crippen LogP contribution is -2.44. The van der Waals surface area contributed by atoms with Gasteiger partial charge in [0.25, 0.3) is 11.8 Å². The number of nitrogens with one attached hydrogen (secondary N) is 2. The summed E-state index contributed by atoms with van der Waals surface area (Å²) in [7, 11) is 1.56. The van der Waals surface area contributed by atoms with Gasteiger partial charge in [-0.15, -0.1) is 0 Å². The van der Waals surface area contributed by atoms with Gasteiger partial charge in [-0.25, -0.2) is 0 Å². The monoisotopic (exact) mass is 392 g/mol. The van der Waals surface area contributed by atoms with Gasteiger partial charge in [-0.05, 0) is 42.8 Å². The Hall–Kier alpha value is -2.77. The van der Waals surface area contributed by atoms with E-state index in [4.69, 9.17) is 25.8 Å². The molecule has 0 saturated carbocycles. The average molecular weight is 393 g/mol. The Bertz CT molecular complexity index is 797. The Labute approximate surface area is 162 Å². The maximum Gasteiger partial charge on any atom is 0.276 e. The normalized spacial score (nSPS) is 10.2. The summed E-state index contributed by atoms with van der Waals surface area (Å²) in [5, 5.41) is 0.616. The molecular formula is C19H21ClN2O5. The van der Waals surface area contributed by atoms with E-state index in [1.54, 1.807) is 49.6 Å². The zero-order valence-corrected chi connectivity index (χ0v) is 15.8. The minimum Gasteiger partial charge on any atom is -0.490 e. The first-order valence-electron chi connectivity index (χ1n) is 8.20. The number of amides is 2. The van der Waals surface area contributed by atoms with Crippen molar-refractivity contribution >= 4 is 23.4 Å². The molecule has 0 aliphatic carbocycles. The number of carbonyl (C=O) groups is 2. The first-order valence-corrected chi connectivity index (χ1v) is 8.58. The number of para-hydroxylation sites is 1. The first-order chi connectivity index (χ1) is 13.0. The predicted octanol–water partition coefficient (Wildman–Crippen LogP) is 2.51. The predicted molar refractivity (Wildman–Crippen MR) is 101 cm³/mol. The summed E-state index contributed by atoms with van der Waals surface area (Å²) in [5.41, 5.74) is 5.77. The Balaban J connectivity index is 1.84. The zero-order valence-electron chi connectivity index (χ0n) is 15.1. The molecule has 2 rings (SSSR count). The lowest BCUT2D eigenvalue weighted by Gasteiger charge is -2.12. The molecule has 0 radical (unpaired) electrons. The molecule has 0 aromatic heterocycles. The van der Waals surface area contributed by atoms with Gasteiger partial charge < -0.3 is 14.2 Å². The van der Waals surface area contributed by atoms with Crippen molar-refractivity contribution in [1.29, 1.82) is 0 Å². The number of hydrazine groups is 1. The fraction of sp³-hybridized carbons (Fsp3) is 0.263. The number of hydrogen-bond donors (Lipinski definition) is 2. The molecule has 0 aliphatic rings. The largest absolute Gasteiger partial charge is 0.490 e. The van der Waals surface area contributed by atoms with Crippen molar-refractivity contribution in [2.75, 3.05) is 26.9 Å². The van der Waals surface area contributed by atoms with Gasteiger partial charge in [0.05, 0.1) is 12.2 Å². The molecule has 7 nitrogen and oxygen atoms in total. The Morgan fingerprint density at radius 2 is 1.81 bits per heavy atom. The Kier molecular flexibility index (Phi) is 7.91. The van der Waals surface area contributed by atoms with Gasteiger partial charge in [0, 0.05) is 12.1 Å². The van der Waals surface area contributed by atoms with Crippen LogP contribution in [0.25, 0.3) is 0 Å². The third kappa shape index (κ3) is 6.47. The standard InChI is InChI=1S/C19H21ClN2O5/c1-13-11-14(7-8-16(13)20)27-12-18(23)21-22-19(24)15-5-3-4-6-17(15)26-10-9-25-2/h3-8,11H,9-10,12H2,1-2H3,(H,21,23)(H,22,24). The SMILES string of the molecule is COCCOc1ccccc1C(=O)NNC(=O)COc1ccc(Cl)c(C)c1. The highest BCUT2D eigenvalue weighted by Crippen LogP contribution is 2.21. The minimum atomic E-state index is -0.506. The van der Waals surface area contributed by atoms with Gasteiger partial charge in [0.1, 0.15) is 18.1 Å². The number of methoxy groups -OCH3 is 1. The average Bonchev–Trinajstić information content (AvgIpc) is 2.67. The van der Waals surface area contributed by atoms with Crippen LogP contribution in [-0.2, 0) is 9.53 Å². The fourth-order valence-corrected chi connectivity index (χ4v) is 2.22. The maximum atomic E-state index is 12.3. The van der Waals surface area contributed by atoms with Crippen molar-refractivity contribution in [3.8, 4) is 11.5 Å². The number of halogens is 1. The van der Waals surface area contributed by atoms with Crippen molar-refractivity contribution < 1.29 is 23.8 Å². The van der Waals surface area contributed by atoms with E-state index < -0.39 is 11.8 Å². The highest BCUT2D eigenvalue weighted by molar-refractivity contribution is 6.31. The molecule has 0 bridgehead atoms. The third-order valence-corrected chi connectivity index (χ3v) is 3.92. The van der Waals surface area contributed by atoms with Gasteiger partial charge in [-0.2, -0.15) is 0 Å². The number of hydrogen-bond acceptors (Lipinski definition) is 5. The maximum absolute atomic E-state index is 12.3. The van der Waals surface area contributed by atoms with E-state index in [1.807, 2.05) is 6.92 Å². The quantitative estimate of drug-likeness (QED) is 0.532. The molecule has 0 spiro atoms. The molecule has 0 aliphatic heterocycles. The second kappa shape index (κ2) is 10.4. The Morgan fingerprint density at radius 3 is 2.56 bits per heavy atom.